The molecule has 4 nitrogen and oxygen atoms in total. The Labute approximate surface area is 111 Å². The van der Waals surface area contributed by atoms with Crippen molar-refractivity contribution in [3.05, 3.63) is 47.6 Å². The molecule has 6 heteroatoms. The van der Waals surface area contributed by atoms with Crippen LogP contribution in [0.25, 0.3) is 0 Å². The molecule has 0 unspecified atom stereocenters. The lowest BCUT2D eigenvalue weighted by molar-refractivity contribution is 0.461. The van der Waals surface area contributed by atoms with E-state index >= 15 is 0 Å². The smallest absolute Gasteiger partial charge is 0.250 e. The predicted molar refractivity (Wildman–Crippen MR) is 71.9 cm³/mol. The average Bonchev–Trinajstić information content (AvgIpc) is 2.83. The van der Waals surface area contributed by atoms with Crippen molar-refractivity contribution in [2.45, 2.75) is 23.6 Å². The lowest BCUT2D eigenvalue weighted by Crippen LogP contribution is -2.41. The fourth-order valence-electron chi connectivity index (χ4n) is 1.59. The second-order valence-corrected chi connectivity index (χ2v) is 7.23. The number of aromatic nitrogens is 1. The Morgan fingerprint density at radius 1 is 1.22 bits per heavy atom. The monoisotopic (exact) mass is 282 g/mol. The molecule has 1 N–H and O–H groups in total. The van der Waals surface area contributed by atoms with E-state index in [1.807, 2.05) is 6.07 Å². The van der Waals surface area contributed by atoms with Crippen LogP contribution in [0.5, 0.6) is 0 Å². The number of rotatable bonds is 4. The summed E-state index contributed by atoms with van der Waals surface area (Å²) < 4.78 is 27.3. The molecule has 2 aromatic rings. The van der Waals surface area contributed by atoms with Gasteiger partial charge >= 0.3 is 0 Å². The third-order valence-electron chi connectivity index (χ3n) is 2.45. The Balaban J connectivity index is 2.29. The highest BCUT2D eigenvalue weighted by molar-refractivity contribution is 7.91. The van der Waals surface area contributed by atoms with Gasteiger partial charge in [-0.1, -0.05) is 12.1 Å². The number of pyridine rings is 1. The van der Waals surface area contributed by atoms with Gasteiger partial charge in [-0.15, -0.1) is 11.3 Å². The Bertz CT molecular complexity index is 605. The summed E-state index contributed by atoms with van der Waals surface area (Å²) in [4.78, 5) is 4.19. The number of sulfonamides is 1. The number of hydrogen-bond donors (Lipinski definition) is 1. The van der Waals surface area contributed by atoms with E-state index in [1.165, 1.54) is 11.3 Å². The van der Waals surface area contributed by atoms with Gasteiger partial charge in [-0.2, -0.15) is 4.72 Å². The van der Waals surface area contributed by atoms with Crippen molar-refractivity contribution in [2.24, 2.45) is 0 Å². The Hall–Kier alpha value is -1.24. The Morgan fingerprint density at radius 3 is 2.56 bits per heavy atom. The van der Waals surface area contributed by atoms with Crippen molar-refractivity contribution in [2.75, 3.05) is 0 Å². The van der Waals surface area contributed by atoms with Crippen molar-refractivity contribution in [1.29, 1.82) is 0 Å². The van der Waals surface area contributed by atoms with Crippen LogP contribution in [0.15, 0.2) is 46.1 Å². The van der Waals surface area contributed by atoms with Gasteiger partial charge in [-0.25, -0.2) is 8.42 Å². The molecule has 2 rings (SSSR count). The first-order chi connectivity index (χ1) is 8.42. The van der Waals surface area contributed by atoms with Gasteiger partial charge in [-0.05, 0) is 37.4 Å². The minimum Gasteiger partial charge on any atom is -0.259 e. The van der Waals surface area contributed by atoms with Crippen LogP contribution in [0.4, 0.5) is 0 Å². The van der Waals surface area contributed by atoms with Gasteiger partial charge in [0, 0.05) is 6.20 Å². The highest BCUT2D eigenvalue weighted by Crippen LogP contribution is 2.23. The van der Waals surface area contributed by atoms with Crippen LogP contribution in [0.3, 0.4) is 0 Å². The molecule has 0 amide bonds. The van der Waals surface area contributed by atoms with Gasteiger partial charge in [-0.3, -0.25) is 4.98 Å². The van der Waals surface area contributed by atoms with Gasteiger partial charge in [0.1, 0.15) is 4.21 Å². The van der Waals surface area contributed by atoms with E-state index in [2.05, 4.69) is 9.71 Å². The van der Waals surface area contributed by atoms with Crippen LogP contribution < -0.4 is 4.72 Å². The molecule has 0 radical (unpaired) electrons. The zero-order valence-electron chi connectivity index (χ0n) is 10.1. The quantitative estimate of drug-likeness (QED) is 0.936. The number of thiophene rings is 1. The van der Waals surface area contributed by atoms with Crippen molar-refractivity contribution in [3.8, 4) is 0 Å². The van der Waals surface area contributed by atoms with Crippen LogP contribution in [0.2, 0.25) is 0 Å². The van der Waals surface area contributed by atoms with Gasteiger partial charge in [0.15, 0.2) is 0 Å². The summed E-state index contributed by atoms with van der Waals surface area (Å²) in [6.07, 6.45) is 1.65. The molecular weight excluding hydrogens is 268 g/mol. The van der Waals surface area contributed by atoms with Crippen LogP contribution >= 0.6 is 11.3 Å². The molecule has 0 aliphatic carbocycles. The Kier molecular flexibility index (Phi) is 3.52. The molecule has 0 aliphatic rings. The predicted octanol–water partition coefficient (Wildman–Crippen LogP) is 2.36. The van der Waals surface area contributed by atoms with Crippen molar-refractivity contribution >= 4 is 21.4 Å². The van der Waals surface area contributed by atoms with Gasteiger partial charge in [0.05, 0.1) is 11.2 Å². The third kappa shape index (κ3) is 2.77. The van der Waals surface area contributed by atoms with Crippen LogP contribution in [0.1, 0.15) is 19.5 Å². The van der Waals surface area contributed by atoms with E-state index in [0.717, 1.165) is 0 Å². The molecule has 0 saturated heterocycles. The van der Waals surface area contributed by atoms with Crippen molar-refractivity contribution < 1.29 is 8.42 Å². The summed E-state index contributed by atoms with van der Waals surface area (Å²) in [6.45, 7) is 3.58. The second-order valence-electron chi connectivity index (χ2n) is 4.38. The van der Waals surface area contributed by atoms with E-state index in [4.69, 9.17) is 0 Å². The number of nitrogens with zero attached hydrogens (tertiary/aromatic N) is 1. The SMILES string of the molecule is CC(C)(NS(=O)(=O)c1cccs1)c1ccccn1. The van der Waals surface area contributed by atoms with Crippen molar-refractivity contribution in [1.82, 2.24) is 9.71 Å². The first kappa shape index (κ1) is 13.2. The molecule has 0 saturated carbocycles. The molecule has 0 bridgehead atoms. The third-order valence-corrected chi connectivity index (χ3v) is 5.51. The molecule has 0 aliphatic heterocycles. The topological polar surface area (TPSA) is 59.1 Å². The molecule has 0 atom stereocenters. The van der Waals surface area contributed by atoms with Crippen LogP contribution in [-0.4, -0.2) is 13.4 Å². The maximum atomic E-state index is 12.2. The maximum absolute atomic E-state index is 12.2. The van der Waals surface area contributed by atoms with Gasteiger partial charge < -0.3 is 0 Å². The van der Waals surface area contributed by atoms with E-state index < -0.39 is 15.6 Å². The summed E-state index contributed by atoms with van der Waals surface area (Å²) in [6, 6.07) is 8.74. The van der Waals surface area contributed by atoms with Crippen LogP contribution in [0, 0.1) is 0 Å². The summed E-state index contributed by atoms with van der Waals surface area (Å²) in [7, 11) is -3.49. The summed E-state index contributed by atoms with van der Waals surface area (Å²) in [5, 5.41) is 1.74. The lowest BCUT2D eigenvalue weighted by atomic mass is 10.0. The standard InChI is InChI=1S/C12H14N2O2S2/c1-12(2,10-6-3-4-8-13-10)14-18(15,16)11-7-5-9-17-11/h3-9,14H,1-2H3. The number of nitrogens with one attached hydrogen (secondary N) is 1. The fraction of sp³-hybridized carbons (Fsp3) is 0.250. The maximum Gasteiger partial charge on any atom is 0.250 e. The highest BCUT2D eigenvalue weighted by Gasteiger charge is 2.29. The largest absolute Gasteiger partial charge is 0.259 e. The minimum absolute atomic E-state index is 0.312. The molecule has 18 heavy (non-hydrogen) atoms. The van der Waals surface area contributed by atoms with E-state index in [1.54, 1.807) is 49.7 Å². The average molecular weight is 282 g/mol. The first-order valence-electron chi connectivity index (χ1n) is 5.41. The fourth-order valence-corrected chi connectivity index (χ4v) is 3.97. The van der Waals surface area contributed by atoms with Gasteiger partial charge in [0.25, 0.3) is 10.0 Å². The lowest BCUT2D eigenvalue weighted by Gasteiger charge is -2.24. The summed E-state index contributed by atoms with van der Waals surface area (Å²) in [5.41, 5.74) is -0.0606. The molecule has 96 valence electrons. The first-order valence-corrected chi connectivity index (χ1v) is 7.77. The molecule has 0 spiro atoms. The summed E-state index contributed by atoms with van der Waals surface area (Å²) in [5.74, 6) is 0. The van der Waals surface area contributed by atoms with Crippen molar-refractivity contribution in [3.63, 3.8) is 0 Å². The van der Waals surface area contributed by atoms with Crippen LogP contribution in [-0.2, 0) is 15.6 Å². The van der Waals surface area contributed by atoms with E-state index in [9.17, 15) is 8.42 Å². The Morgan fingerprint density at radius 2 is 2.00 bits per heavy atom. The van der Waals surface area contributed by atoms with Gasteiger partial charge in [0.2, 0.25) is 0 Å². The highest BCUT2D eigenvalue weighted by atomic mass is 32.2. The molecule has 0 fully saturated rings. The van der Waals surface area contributed by atoms with E-state index in [-0.39, 0.29) is 0 Å². The van der Waals surface area contributed by atoms with E-state index in [0.29, 0.717) is 9.90 Å². The zero-order chi connectivity index (χ0) is 13.2. The number of hydrogen-bond acceptors (Lipinski definition) is 4. The molecule has 0 aromatic carbocycles. The summed E-state index contributed by atoms with van der Waals surface area (Å²) >= 11 is 1.19. The molecule has 2 heterocycles. The normalized spacial score (nSPS) is 12.6. The zero-order valence-corrected chi connectivity index (χ0v) is 11.8. The molecule has 2 aromatic heterocycles. The second kappa shape index (κ2) is 4.79. The minimum atomic E-state index is -3.49. The molecular formula is C12H14N2O2S2.